The van der Waals surface area contributed by atoms with E-state index in [4.69, 9.17) is 16.3 Å². The number of rotatable bonds is 4. The Morgan fingerprint density at radius 2 is 1.84 bits per heavy atom. The minimum absolute atomic E-state index is 0.0923. The summed E-state index contributed by atoms with van der Waals surface area (Å²) in [4.78, 5) is 34.4. The predicted octanol–water partition coefficient (Wildman–Crippen LogP) is 5.20. The monoisotopic (exact) mass is 517 g/mol. The maximum Gasteiger partial charge on any atom is 0.255 e. The van der Waals surface area contributed by atoms with Gasteiger partial charge in [-0.2, -0.15) is 0 Å². The van der Waals surface area contributed by atoms with E-state index in [1.807, 2.05) is 48.5 Å². The third-order valence-electron chi connectivity index (χ3n) is 7.74. The third kappa shape index (κ3) is 3.44. The van der Waals surface area contributed by atoms with Gasteiger partial charge in [0.2, 0.25) is 5.91 Å². The molecule has 3 heterocycles. The van der Waals surface area contributed by atoms with Crippen molar-refractivity contribution in [3.05, 3.63) is 100.0 Å². The van der Waals surface area contributed by atoms with Crippen molar-refractivity contribution in [2.45, 2.75) is 24.9 Å². The van der Waals surface area contributed by atoms with Crippen LogP contribution in [-0.4, -0.2) is 46.8 Å². The molecular weight excluding hydrogens is 493 g/mol. The van der Waals surface area contributed by atoms with Crippen molar-refractivity contribution in [3.63, 3.8) is 0 Å². The van der Waals surface area contributed by atoms with Crippen molar-refractivity contribution >= 4 is 34.3 Å². The molecular formula is C29H25ClFN3O3. The second-order valence-corrected chi connectivity index (χ2v) is 10.1. The van der Waals surface area contributed by atoms with E-state index < -0.39 is 11.4 Å². The Morgan fingerprint density at radius 1 is 1.08 bits per heavy atom. The summed E-state index contributed by atoms with van der Waals surface area (Å²) < 4.78 is 20.3. The summed E-state index contributed by atoms with van der Waals surface area (Å²) in [5.74, 6) is -0.485. The minimum atomic E-state index is -1.29. The number of carbonyl (C=O) groups excluding carboxylic acids is 2. The molecule has 1 N–H and O–H groups in total. The van der Waals surface area contributed by atoms with E-state index in [0.29, 0.717) is 12.2 Å². The number of aromatic amines is 1. The summed E-state index contributed by atoms with van der Waals surface area (Å²) in [6.45, 7) is 1.83. The van der Waals surface area contributed by atoms with Gasteiger partial charge in [0.05, 0.1) is 19.3 Å². The van der Waals surface area contributed by atoms with Crippen LogP contribution in [0.15, 0.2) is 66.7 Å². The van der Waals surface area contributed by atoms with Crippen LogP contribution in [0.25, 0.3) is 10.9 Å². The second-order valence-electron chi connectivity index (χ2n) is 9.69. The minimum Gasteiger partial charge on any atom is -0.496 e. The molecule has 0 aliphatic carbocycles. The molecule has 188 valence electrons. The first-order chi connectivity index (χ1) is 17.8. The molecule has 0 bridgehead atoms. The van der Waals surface area contributed by atoms with E-state index in [1.54, 1.807) is 25.0 Å². The molecule has 6 rings (SSSR count). The highest BCUT2D eigenvalue weighted by molar-refractivity contribution is 6.31. The number of methoxy groups -OCH3 is 1. The number of amides is 2. The van der Waals surface area contributed by atoms with Gasteiger partial charge in [0.1, 0.15) is 18.1 Å². The van der Waals surface area contributed by atoms with Gasteiger partial charge >= 0.3 is 0 Å². The smallest absolute Gasteiger partial charge is 0.255 e. The molecule has 1 saturated heterocycles. The lowest BCUT2D eigenvalue weighted by atomic mass is 9.76. The van der Waals surface area contributed by atoms with Crippen molar-refractivity contribution in [2.24, 2.45) is 0 Å². The van der Waals surface area contributed by atoms with Gasteiger partial charge in [0.25, 0.3) is 5.91 Å². The van der Waals surface area contributed by atoms with E-state index in [2.05, 4.69) is 4.98 Å². The molecule has 4 aromatic rings. The molecule has 37 heavy (non-hydrogen) atoms. The zero-order valence-corrected chi connectivity index (χ0v) is 21.2. The van der Waals surface area contributed by atoms with Crippen LogP contribution in [0.4, 0.5) is 4.39 Å². The molecule has 3 aromatic carbocycles. The zero-order valence-electron chi connectivity index (χ0n) is 20.4. The highest BCUT2D eigenvalue weighted by atomic mass is 35.5. The Morgan fingerprint density at radius 3 is 2.62 bits per heavy atom. The molecule has 8 heteroatoms. The maximum atomic E-state index is 14.6. The Balaban J connectivity index is 1.53. The number of hydrogen-bond donors (Lipinski definition) is 1. The lowest BCUT2D eigenvalue weighted by Crippen LogP contribution is -2.67. The highest BCUT2D eigenvalue weighted by Gasteiger charge is 2.56. The molecule has 2 amide bonds. The maximum absolute atomic E-state index is 14.6. The molecule has 0 radical (unpaired) electrons. The van der Waals surface area contributed by atoms with E-state index in [-0.39, 0.29) is 41.4 Å². The molecule has 0 unspecified atom stereocenters. The first-order valence-corrected chi connectivity index (χ1v) is 12.5. The first kappa shape index (κ1) is 23.6. The number of hydrogen-bond acceptors (Lipinski definition) is 3. The summed E-state index contributed by atoms with van der Waals surface area (Å²) in [5.41, 5.74) is 2.36. The summed E-state index contributed by atoms with van der Waals surface area (Å²) in [5, 5.41) is 1.21. The predicted molar refractivity (Wildman–Crippen MR) is 139 cm³/mol. The van der Waals surface area contributed by atoms with Crippen LogP contribution in [0.3, 0.4) is 0 Å². The number of fused-ring (bicyclic) bond motifs is 5. The van der Waals surface area contributed by atoms with Crippen LogP contribution in [0.5, 0.6) is 5.75 Å². The van der Waals surface area contributed by atoms with Gasteiger partial charge in [-0.1, -0.05) is 54.1 Å². The number of para-hydroxylation sites is 2. The van der Waals surface area contributed by atoms with Gasteiger partial charge in [-0.05, 0) is 36.8 Å². The number of ether oxygens (including phenoxy) is 1. The largest absolute Gasteiger partial charge is 0.496 e. The molecule has 1 fully saturated rings. The van der Waals surface area contributed by atoms with Gasteiger partial charge in [-0.25, -0.2) is 4.39 Å². The average molecular weight is 518 g/mol. The molecule has 0 saturated carbocycles. The summed E-state index contributed by atoms with van der Waals surface area (Å²) in [6, 6.07) is 20.1. The van der Waals surface area contributed by atoms with E-state index >= 15 is 0 Å². The molecule has 2 aliphatic heterocycles. The van der Waals surface area contributed by atoms with Gasteiger partial charge in [-0.3, -0.25) is 9.59 Å². The summed E-state index contributed by atoms with van der Waals surface area (Å²) in [7, 11) is 1.63. The van der Waals surface area contributed by atoms with Crippen molar-refractivity contribution < 1.29 is 18.7 Å². The highest BCUT2D eigenvalue weighted by Crippen LogP contribution is 2.49. The quantitative estimate of drug-likeness (QED) is 0.404. The molecule has 0 spiro atoms. The number of nitrogens with one attached hydrogen (secondary N) is 1. The number of benzene rings is 3. The average Bonchev–Trinajstić information content (AvgIpc) is 3.30. The Bertz CT molecular complexity index is 1550. The van der Waals surface area contributed by atoms with Gasteiger partial charge in [0, 0.05) is 39.5 Å². The van der Waals surface area contributed by atoms with Crippen LogP contribution in [0.2, 0.25) is 5.02 Å². The lowest BCUT2D eigenvalue weighted by molar-refractivity contribution is -0.167. The number of aromatic nitrogens is 1. The number of halogens is 2. The van der Waals surface area contributed by atoms with E-state index in [0.717, 1.165) is 27.8 Å². The van der Waals surface area contributed by atoms with Crippen LogP contribution < -0.4 is 4.74 Å². The molecule has 2 atom stereocenters. The molecule has 6 nitrogen and oxygen atoms in total. The van der Waals surface area contributed by atoms with Crippen LogP contribution in [-0.2, 0) is 21.7 Å². The number of piperazine rings is 1. The zero-order chi connectivity index (χ0) is 25.9. The first-order valence-electron chi connectivity index (χ1n) is 12.1. The van der Waals surface area contributed by atoms with E-state index in [1.165, 1.54) is 17.0 Å². The van der Waals surface area contributed by atoms with Crippen molar-refractivity contribution in [3.8, 4) is 5.75 Å². The summed E-state index contributed by atoms with van der Waals surface area (Å²) in [6.07, 6.45) is 0. The van der Waals surface area contributed by atoms with Gasteiger partial charge in [0.15, 0.2) is 5.54 Å². The SMILES string of the molecule is COc1ccccc1[C@@H]1CN2C(=O)CN(Cc3c(F)cccc3Cl)C(=O)[C@]2(C)c2[nH]c3ccccc3c21. The molecule has 2 aliphatic rings. The summed E-state index contributed by atoms with van der Waals surface area (Å²) >= 11 is 6.26. The number of nitrogens with zero attached hydrogens (tertiary/aromatic N) is 2. The van der Waals surface area contributed by atoms with Gasteiger partial charge in [-0.15, -0.1) is 0 Å². The Hall–Kier alpha value is -3.84. The lowest BCUT2D eigenvalue weighted by Gasteiger charge is -2.51. The number of carbonyl (C=O) groups is 2. The van der Waals surface area contributed by atoms with Crippen molar-refractivity contribution in [1.82, 2.24) is 14.8 Å². The fourth-order valence-corrected chi connectivity index (χ4v) is 6.14. The Labute approximate surface area is 218 Å². The van der Waals surface area contributed by atoms with Crippen molar-refractivity contribution in [1.29, 1.82) is 0 Å². The van der Waals surface area contributed by atoms with Crippen LogP contribution >= 0.6 is 11.6 Å². The second kappa shape index (κ2) is 8.63. The number of H-pyrrole nitrogens is 1. The van der Waals surface area contributed by atoms with Gasteiger partial charge < -0.3 is 19.5 Å². The van der Waals surface area contributed by atoms with Crippen molar-refractivity contribution in [2.75, 3.05) is 20.2 Å². The topological polar surface area (TPSA) is 65.6 Å². The molecule has 1 aromatic heterocycles. The van der Waals surface area contributed by atoms with E-state index in [9.17, 15) is 14.0 Å². The Kier molecular flexibility index (Phi) is 5.49. The normalized spacial score (nSPS) is 21.2. The van der Waals surface area contributed by atoms with Crippen LogP contribution in [0.1, 0.15) is 35.2 Å². The standard InChI is InChI=1S/C29H25ClFN3O3/c1-29-27-26(18-9-3-5-12-23(18)32-27)19(17-8-4-6-13-24(17)37-2)15-34(29)25(35)16-33(28(29)36)14-20-21(30)10-7-11-22(20)31/h3-13,19,32H,14-16H2,1-2H3/t19-,29-/m0/s1. The van der Waals surface area contributed by atoms with Crippen LogP contribution in [0, 0.1) is 5.82 Å². The fraction of sp³-hybridized carbons (Fsp3) is 0.241. The third-order valence-corrected chi connectivity index (χ3v) is 8.10. The fourth-order valence-electron chi connectivity index (χ4n) is 5.91.